The number of halogens is 1. The van der Waals surface area contributed by atoms with Gasteiger partial charge >= 0.3 is 0 Å². The van der Waals surface area contributed by atoms with Crippen LogP contribution in [0.1, 0.15) is 38.1 Å². The lowest BCUT2D eigenvalue weighted by Gasteiger charge is -2.28. The van der Waals surface area contributed by atoms with Crippen LogP contribution in [0.15, 0.2) is 18.2 Å². The fourth-order valence-electron chi connectivity index (χ4n) is 1.38. The number of carbonyl (C=O) groups excluding carboxylic acids is 1. The molecule has 0 aliphatic heterocycles. The first-order chi connectivity index (χ1) is 9.25. The van der Waals surface area contributed by atoms with Crippen LogP contribution in [-0.2, 0) is 0 Å². The highest BCUT2D eigenvalue weighted by atomic mass is 19.1. The van der Waals surface area contributed by atoms with Crippen LogP contribution in [0.4, 0.5) is 4.39 Å². The van der Waals surface area contributed by atoms with Crippen LogP contribution in [-0.4, -0.2) is 18.6 Å². The molecule has 0 fully saturated rings. The molecule has 1 aromatic carbocycles. The molecule has 4 heteroatoms. The molecule has 0 radical (unpaired) electrons. The number of nitrogens with one attached hydrogen (secondary N) is 1. The molecule has 0 bridgehead atoms. The summed E-state index contributed by atoms with van der Waals surface area (Å²) in [5.74, 6) is 1.39. The Hall–Kier alpha value is -2.02. The molecule has 3 nitrogen and oxygen atoms in total. The molecule has 1 atom stereocenters. The van der Waals surface area contributed by atoms with E-state index in [9.17, 15) is 9.18 Å². The van der Waals surface area contributed by atoms with Gasteiger partial charge in [-0.15, -0.1) is 6.42 Å². The van der Waals surface area contributed by atoms with Gasteiger partial charge in [0.25, 0.3) is 5.91 Å². The second-order valence-corrected chi connectivity index (χ2v) is 5.70. The van der Waals surface area contributed by atoms with Gasteiger partial charge in [-0.1, -0.05) is 26.7 Å². The van der Waals surface area contributed by atoms with E-state index in [1.807, 2.05) is 27.7 Å². The standard InChI is InChI=1S/C16H20FNO2/c1-6-9-20-14-8-7-12(10-13(14)17)15(19)18-11(2)16(3,4)5/h1,7-8,10-11H,9H2,2-5H3,(H,18,19)/t11-/m0/s1. The van der Waals surface area contributed by atoms with Crippen molar-refractivity contribution < 1.29 is 13.9 Å². The van der Waals surface area contributed by atoms with Crippen molar-refractivity contribution in [3.05, 3.63) is 29.6 Å². The van der Waals surface area contributed by atoms with E-state index in [0.29, 0.717) is 0 Å². The maximum atomic E-state index is 13.7. The van der Waals surface area contributed by atoms with Crippen LogP contribution >= 0.6 is 0 Å². The molecular weight excluding hydrogens is 257 g/mol. The van der Waals surface area contributed by atoms with Crippen molar-refractivity contribution in [1.29, 1.82) is 0 Å². The molecule has 108 valence electrons. The van der Waals surface area contributed by atoms with Gasteiger partial charge in [0.2, 0.25) is 0 Å². The number of rotatable bonds is 4. The van der Waals surface area contributed by atoms with Gasteiger partial charge in [0.05, 0.1) is 0 Å². The van der Waals surface area contributed by atoms with Crippen molar-refractivity contribution in [2.75, 3.05) is 6.61 Å². The molecular formula is C16H20FNO2. The third kappa shape index (κ3) is 4.27. The molecule has 1 N–H and O–H groups in total. The highest BCUT2D eigenvalue weighted by molar-refractivity contribution is 5.94. The summed E-state index contributed by atoms with van der Waals surface area (Å²) in [4.78, 5) is 12.0. The van der Waals surface area contributed by atoms with Crippen LogP contribution < -0.4 is 10.1 Å². The number of hydrogen-bond acceptors (Lipinski definition) is 2. The first-order valence-electron chi connectivity index (χ1n) is 6.42. The third-order valence-corrected chi connectivity index (χ3v) is 3.15. The first kappa shape index (κ1) is 16.0. The van der Waals surface area contributed by atoms with Crippen molar-refractivity contribution >= 4 is 5.91 Å². The van der Waals surface area contributed by atoms with Crippen molar-refractivity contribution in [2.45, 2.75) is 33.7 Å². The second kappa shape index (κ2) is 6.42. The number of terminal acetylenes is 1. The number of amides is 1. The maximum Gasteiger partial charge on any atom is 0.251 e. The van der Waals surface area contributed by atoms with Crippen LogP contribution in [0.5, 0.6) is 5.75 Å². The van der Waals surface area contributed by atoms with E-state index in [-0.39, 0.29) is 35.3 Å². The van der Waals surface area contributed by atoms with Gasteiger partial charge in [-0.25, -0.2) is 4.39 Å². The van der Waals surface area contributed by atoms with Gasteiger partial charge in [0.1, 0.15) is 6.61 Å². The summed E-state index contributed by atoms with van der Waals surface area (Å²) in [7, 11) is 0. The number of carbonyl (C=O) groups is 1. The molecule has 0 unspecified atom stereocenters. The normalized spacial score (nSPS) is 12.4. The molecule has 0 aromatic heterocycles. The summed E-state index contributed by atoms with van der Waals surface area (Å²) < 4.78 is 18.7. The summed E-state index contributed by atoms with van der Waals surface area (Å²) >= 11 is 0. The van der Waals surface area contributed by atoms with E-state index < -0.39 is 5.82 Å². The fraction of sp³-hybridized carbons (Fsp3) is 0.438. The summed E-state index contributed by atoms with van der Waals surface area (Å²) in [6.45, 7) is 7.97. The lowest BCUT2D eigenvalue weighted by atomic mass is 9.88. The fourth-order valence-corrected chi connectivity index (χ4v) is 1.38. The first-order valence-corrected chi connectivity index (χ1v) is 6.42. The largest absolute Gasteiger partial charge is 0.478 e. The summed E-state index contributed by atoms with van der Waals surface area (Å²) in [6.07, 6.45) is 5.04. The van der Waals surface area contributed by atoms with Crippen molar-refractivity contribution in [3.63, 3.8) is 0 Å². The lowest BCUT2D eigenvalue weighted by molar-refractivity contribution is 0.0909. The van der Waals surface area contributed by atoms with Crippen molar-refractivity contribution in [1.82, 2.24) is 5.32 Å². The predicted octanol–water partition coefficient (Wildman–Crippen LogP) is 3.00. The molecule has 0 saturated carbocycles. The molecule has 20 heavy (non-hydrogen) atoms. The minimum atomic E-state index is -0.601. The van der Waals surface area contributed by atoms with E-state index >= 15 is 0 Å². The van der Waals surface area contributed by atoms with Crippen molar-refractivity contribution in [3.8, 4) is 18.1 Å². The Morgan fingerprint density at radius 3 is 2.65 bits per heavy atom. The summed E-state index contributed by atoms with van der Waals surface area (Å²) in [5, 5.41) is 2.85. The smallest absolute Gasteiger partial charge is 0.251 e. The molecule has 0 aliphatic rings. The van der Waals surface area contributed by atoms with Crippen LogP contribution in [0.2, 0.25) is 0 Å². The Labute approximate surface area is 119 Å². The van der Waals surface area contributed by atoms with E-state index in [1.54, 1.807) is 0 Å². The Morgan fingerprint density at radius 2 is 2.15 bits per heavy atom. The van der Waals surface area contributed by atoms with Gasteiger partial charge < -0.3 is 10.1 Å². The number of ether oxygens (including phenoxy) is 1. The summed E-state index contributed by atoms with van der Waals surface area (Å²) in [6, 6.07) is 4.04. The Bertz CT molecular complexity index is 526. The molecule has 0 aliphatic carbocycles. The average molecular weight is 277 g/mol. The highest BCUT2D eigenvalue weighted by Crippen LogP contribution is 2.21. The minimum absolute atomic E-state index is 0.0104. The van der Waals surface area contributed by atoms with Gasteiger partial charge in [0, 0.05) is 11.6 Å². The van der Waals surface area contributed by atoms with E-state index in [2.05, 4.69) is 11.2 Å². The van der Waals surface area contributed by atoms with E-state index in [0.717, 1.165) is 6.07 Å². The maximum absolute atomic E-state index is 13.7. The topological polar surface area (TPSA) is 38.3 Å². The SMILES string of the molecule is C#CCOc1ccc(C(=O)N[C@@H](C)C(C)(C)C)cc1F. The molecule has 0 saturated heterocycles. The molecule has 1 aromatic rings. The van der Waals surface area contributed by atoms with E-state index in [4.69, 9.17) is 11.2 Å². The second-order valence-electron chi connectivity index (χ2n) is 5.70. The zero-order chi connectivity index (χ0) is 15.3. The summed E-state index contributed by atoms with van der Waals surface area (Å²) in [5.41, 5.74) is 0.191. The minimum Gasteiger partial charge on any atom is -0.478 e. The van der Waals surface area contributed by atoms with E-state index in [1.165, 1.54) is 12.1 Å². The van der Waals surface area contributed by atoms with Crippen LogP contribution in [0, 0.1) is 23.6 Å². The quantitative estimate of drug-likeness (QED) is 0.859. The van der Waals surface area contributed by atoms with Gasteiger partial charge in [-0.05, 0) is 30.5 Å². The average Bonchev–Trinajstić information content (AvgIpc) is 2.36. The van der Waals surface area contributed by atoms with Gasteiger partial charge in [-0.3, -0.25) is 4.79 Å². The van der Waals surface area contributed by atoms with Crippen LogP contribution in [0.25, 0.3) is 0 Å². The van der Waals surface area contributed by atoms with Gasteiger partial charge in [0.15, 0.2) is 11.6 Å². The zero-order valence-corrected chi connectivity index (χ0v) is 12.3. The predicted molar refractivity (Wildman–Crippen MR) is 77.1 cm³/mol. The third-order valence-electron chi connectivity index (χ3n) is 3.15. The molecule has 0 spiro atoms. The van der Waals surface area contributed by atoms with Crippen LogP contribution in [0.3, 0.4) is 0 Å². The van der Waals surface area contributed by atoms with Gasteiger partial charge in [-0.2, -0.15) is 0 Å². The number of hydrogen-bond donors (Lipinski definition) is 1. The molecule has 0 heterocycles. The Kier molecular flexibility index (Phi) is 5.15. The Morgan fingerprint density at radius 1 is 1.50 bits per heavy atom. The molecule has 1 amide bonds. The zero-order valence-electron chi connectivity index (χ0n) is 12.3. The molecule has 1 rings (SSSR count). The van der Waals surface area contributed by atoms with Crippen molar-refractivity contribution in [2.24, 2.45) is 5.41 Å². The Balaban J connectivity index is 2.80. The monoisotopic (exact) mass is 277 g/mol. The number of benzene rings is 1. The highest BCUT2D eigenvalue weighted by Gasteiger charge is 2.22. The lowest BCUT2D eigenvalue weighted by Crippen LogP contribution is -2.41.